The third-order valence-corrected chi connectivity index (χ3v) is 4.53. The van der Waals surface area contributed by atoms with Crippen LogP contribution in [0.1, 0.15) is 25.3 Å². The molecular formula is C19H17ClN4O2. The lowest BCUT2D eigenvalue weighted by molar-refractivity contribution is 0.168. The van der Waals surface area contributed by atoms with Crippen LogP contribution in [0.4, 0.5) is 4.79 Å². The van der Waals surface area contributed by atoms with Gasteiger partial charge in [0.1, 0.15) is 0 Å². The van der Waals surface area contributed by atoms with Crippen molar-refractivity contribution in [2.24, 2.45) is 0 Å². The lowest BCUT2D eigenvalue weighted by Crippen LogP contribution is -2.14. The number of para-hydroxylation sites is 1. The lowest BCUT2D eigenvalue weighted by Gasteiger charge is -2.13. The summed E-state index contributed by atoms with van der Waals surface area (Å²) >= 11 is 5.65. The van der Waals surface area contributed by atoms with Crippen molar-refractivity contribution >= 4 is 34.1 Å². The van der Waals surface area contributed by atoms with Gasteiger partial charge in [-0.15, -0.1) is 5.10 Å². The van der Waals surface area contributed by atoms with Crippen LogP contribution in [0.15, 0.2) is 48.8 Å². The maximum atomic E-state index is 12.7. The van der Waals surface area contributed by atoms with Crippen LogP contribution in [0.25, 0.3) is 27.7 Å². The first-order valence-electron chi connectivity index (χ1n) is 8.28. The van der Waals surface area contributed by atoms with Gasteiger partial charge in [0.05, 0.1) is 22.9 Å². The van der Waals surface area contributed by atoms with Gasteiger partial charge in [0.25, 0.3) is 0 Å². The number of aromatic nitrogens is 4. The number of hydrogen-bond donors (Lipinski definition) is 0. The molecule has 0 N–H and O–H groups in total. The fourth-order valence-electron chi connectivity index (χ4n) is 3.40. The summed E-state index contributed by atoms with van der Waals surface area (Å²) in [6.45, 7) is 4.22. The standard InChI is InChI=1S/C19H17ClN4O2/c1-12(2)17-15-5-3-4-6-16(15)24(19(25)26-11-20)18(17)13-7-8-14-9-21-22-23(14)10-13/h3-10,12H,11H2,1-2H3. The van der Waals surface area contributed by atoms with E-state index in [1.807, 2.05) is 42.6 Å². The summed E-state index contributed by atoms with van der Waals surface area (Å²) in [5, 5.41) is 9.00. The number of fused-ring (bicyclic) bond motifs is 2. The Morgan fingerprint density at radius 3 is 2.81 bits per heavy atom. The van der Waals surface area contributed by atoms with Crippen LogP contribution in [0.5, 0.6) is 0 Å². The highest BCUT2D eigenvalue weighted by atomic mass is 35.5. The molecule has 0 aliphatic carbocycles. The SMILES string of the molecule is CC(C)c1c(-c2ccc3cnnn3c2)n(C(=O)OCCl)c2ccccc12. The van der Waals surface area contributed by atoms with E-state index in [0.29, 0.717) is 0 Å². The monoisotopic (exact) mass is 368 g/mol. The third-order valence-electron chi connectivity index (χ3n) is 4.42. The van der Waals surface area contributed by atoms with E-state index >= 15 is 0 Å². The van der Waals surface area contributed by atoms with Crippen LogP contribution in [-0.4, -0.2) is 31.6 Å². The first kappa shape index (κ1) is 16.6. The van der Waals surface area contributed by atoms with Crippen molar-refractivity contribution < 1.29 is 9.53 Å². The molecule has 3 aromatic heterocycles. The number of hydrogen-bond acceptors (Lipinski definition) is 4. The normalized spacial score (nSPS) is 11.5. The minimum absolute atomic E-state index is 0.200. The van der Waals surface area contributed by atoms with Crippen LogP contribution in [0.2, 0.25) is 0 Å². The number of benzene rings is 1. The molecule has 0 spiro atoms. The Labute approximate surface area is 154 Å². The minimum atomic E-state index is -0.503. The average Bonchev–Trinajstić information content (AvgIpc) is 3.23. The molecule has 0 amide bonds. The molecule has 0 fully saturated rings. The molecule has 0 saturated carbocycles. The number of alkyl halides is 1. The second-order valence-electron chi connectivity index (χ2n) is 6.31. The number of halogens is 1. The molecule has 0 saturated heterocycles. The molecule has 0 aliphatic heterocycles. The molecule has 6 nitrogen and oxygen atoms in total. The van der Waals surface area contributed by atoms with E-state index in [1.165, 1.54) is 0 Å². The molecule has 0 unspecified atom stereocenters. The molecule has 3 heterocycles. The van der Waals surface area contributed by atoms with E-state index in [0.717, 1.165) is 33.2 Å². The molecule has 132 valence electrons. The van der Waals surface area contributed by atoms with Gasteiger partial charge in [0, 0.05) is 17.1 Å². The summed E-state index contributed by atoms with van der Waals surface area (Å²) in [4.78, 5) is 12.7. The number of rotatable bonds is 3. The fourth-order valence-corrected chi connectivity index (χ4v) is 3.49. The van der Waals surface area contributed by atoms with Crippen molar-refractivity contribution in [1.82, 2.24) is 19.4 Å². The van der Waals surface area contributed by atoms with E-state index < -0.39 is 6.09 Å². The smallest absolute Gasteiger partial charge is 0.420 e. The highest BCUT2D eigenvalue weighted by Crippen LogP contribution is 2.38. The quantitative estimate of drug-likeness (QED) is 0.493. The van der Waals surface area contributed by atoms with E-state index in [4.69, 9.17) is 16.3 Å². The van der Waals surface area contributed by atoms with E-state index in [2.05, 4.69) is 24.2 Å². The summed E-state index contributed by atoms with van der Waals surface area (Å²) in [6.07, 6.45) is 3.05. The van der Waals surface area contributed by atoms with Gasteiger partial charge in [-0.1, -0.05) is 48.9 Å². The second kappa shape index (κ2) is 6.46. The lowest BCUT2D eigenvalue weighted by atomic mass is 9.96. The van der Waals surface area contributed by atoms with Gasteiger partial charge in [-0.2, -0.15) is 0 Å². The Bertz CT molecular complexity index is 1110. The maximum Gasteiger partial charge on any atom is 0.420 e. The van der Waals surface area contributed by atoms with Crippen molar-refractivity contribution in [2.45, 2.75) is 19.8 Å². The van der Waals surface area contributed by atoms with Crippen molar-refractivity contribution in [3.05, 3.63) is 54.4 Å². The van der Waals surface area contributed by atoms with Crippen molar-refractivity contribution in [3.8, 4) is 11.3 Å². The predicted molar refractivity (Wildman–Crippen MR) is 101 cm³/mol. The Morgan fingerprint density at radius 1 is 1.23 bits per heavy atom. The Balaban J connectivity index is 2.09. The topological polar surface area (TPSA) is 61.4 Å². The van der Waals surface area contributed by atoms with Crippen LogP contribution in [-0.2, 0) is 4.74 Å². The van der Waals surface area contributed by atoms with Gasteiger partial charge in [-0.3, -0.25) is 0 Å². The fraction of sp³-hybridized carbons (Fsp3) is 0.211. The van der Waals surface area contributed by atoms with Crippen molar-refractivity contribution in [1.29, 1.82) is 0 Å². The molecule has 7 heteroatoms. The minimum Gasteiger partial charge on any atom is -0.433 e. The molecule has 4 aromatic rings. The largest absolute Gasteiger partial charge is 0.433 e. The summed E-state index contributed by atoms with van der Waals surface area (Å²) < 4.78 is 8.40. The number of carbonyl (C=O) groups excluding carboxylic acids is 1. The van der Waals surface area contributed by atoms with Gasteiger partial charge in [-0.25, -0.2) is 13.9 Å². The zero-order valence-corrected chi connectivity index (χ0v) is 15.1. The van der Waals surface area contributed by atoms with Crippen molar-refractivity contribution in [2.75, 3.05) is 6.07 Å². The van der Waals surface area contributed by atoms with E-state index in [9.17, 15) is 4.79 Å². The van der Waals surface area contributed by atoms with Gasteiger partial charge in [0.2, 0.25) is 0 Å². The third kappa shape index (κ3) is 2.54. The van der Waals surface area contributed by atoms with Crippen LogP contribution >= 0.6 is 11.6 Å². The molecule has 26 heavy (non-hydrogen) atoms. The number of nitrogens with zero attached hydrogens (tertiary/aromatic N) is 4. The Morgan fingerprint density at radius 2 is 2.04 bits per heavy atom. The summed E-state index contributed by atoms with van der Waals surface area (Å²) in [5.74, 6) is 0.200. The number of carbonyl (C=O) groups is 1. The first-order chi connectivity index (χ1) is 12.6. The second-order valence-corrected chi connectivity index (χ2v) is 6.53. The van der Waals surface area contributed by atoms with Gasteiger partial charge >= 0.3 is 6.09 Å². The van der Waals surface area contributed by atoms with Gasteiger partial charge < -0.3 is 4.74 Å². The summed E-state index contributed by atoms with van der Waals surface area (Å²) in [5.41, 5.74) is 4.39. The van der Waals surface area contributed by atoms with Gasteiger partial charge in [0.15, 0.2) is 6.07 Å². The Kier molecular flexibility index (Phi) is 4.12. The number of ether oxygens (including phenoxy) is 1. The molecule has 4 rings (SSSR count). The van der Waals surface area contributed by atoms with E-state index in [1.54, 1.807) is 15.3 Å². The molecule has 0 bridgehead atoms. The molecular weight excluding hydrogens is 352 g/mol. The zero-order valence-electron chi connectivity index (χ0n) is 14.4. The highest BCUT2D eigenvalue weighted by molar-refractivity contribution is 6.17. The maximum absolute atomic E-state index is 12.7. The predicted octanol–water partition coefficient (Wildman–Crippen LogP) is 4.66. The van der Waals surface area contributed by atoms with Crippen LogP contribution in [0, 0.1) is 0 Å². The molecule has 0 atom stereocenters. The Hall–Kier alpha value is -2.86. The first-order valence-corrected chi connectivity index (χ1v) is 8.82. The molecule has 0 aliphatic rings. The summed E-state index contributed by atoms with van der Waals surface area (Å²) in [7, 11) is 0. The highest BCUT2D eigenvalue weighted by Gasteiger charge is 2.25. The van der Waals surface area contributed by atoms with E-state index in [-0.39, 0.29) is 12.0 Å². The van der Waals surface area contributed by atoms with Gasteiger partial charge in [-0.05, 0) is 29.7 Å². The van der Waals surface area contributed by atoms with Crippen molar-refractivity contribution in [3.63, 3.8) is 0 Å². The number of pyridine rings is 1. The zero-order chi connectivity index (χ0) is 18.3. The van der Waals surface area contributed by atoms with Crippen LogP contribution < -0.4 is 0 Å². The molecule has 1 aromatic carbocycles. The van der Waals surface area contributed by atoms with Crippen LogP contribution in [0.3, 0.4) is 0 Å². The average molecular weight is 369 g/mol. The molecule has 0 radical (unpaired) electrons. The summed E-state index contributed by atoms with van der Waals surface area (Å²) in [6, 6.07) is 11.5.